The van der Waals surface area contributed by atoms with E-state index in [9.17, 15) is 8.42 Å². The summed E-state index contributed by atoms with van der Waals surface area (Å²) in [5.41, 5.74) is 0. The van der Waals surface area contributed by atoms with E-state index in [4.69, 9.17) is 4.74 Å². The summed E-state index contributed by atoms with van der Waals surface area (Å²) in [7, 11) is -1.76. The highest BCUT2D eigenvalue weighted by atomic mass is 32.2. The first-order valence-electron chi connectivity index (χ1n) is 7.38. The lowest BCUT2D eigenvalue weighted by Crippen LogP contribution is -2.27. The van der Waals surface area contributed by atoms with Crippen molar-refractivity contribution in [3.05, 3.63) is 42.6 Å². The minimum atomic E-state index is -3.39. The average Bonchev–Trinajstić information content (AvgIpc) is 3.11. The number of sulfonamides is 1. The molecule has 7 heteroatoms. The molecule has 0 spiro atoms. The Balaban J connectivity index is 1.73. The van der Waals surface area contributed by atoms with Gasteiger partial charge in [-0.25, -0.2) is 13.4 Å². The van der Waals surface area contributed by atoms with Gasteiger partial charge in [0.2, 0.25) is 10.0 Å². The number of hydrogen-bond acceptors (Lipinski definition) is 5. The SMILES string of the molecule is COc1ccc(Sc2ccc(S(=O)(=O)N3CCCC3)cn2)cc1. The number of ether oxygens (including phenoxy) is 1. The summed E-state index contributed by atoms with van der Waals surface area (Å²) in [4.78, 5) is 5.56. The summed E-state index contributed by atoms with van der Waals surface area (Å²) in [5.74, 6) is 0.800. The zero-order valence-corrected chi connectivity index (χ0v) is 14.4. The van der Waals surface area contributed by atoms with Gasteiger partial charge in [-0.15, -0.1) is 0 Å². The van der Waals surface area contributed by atoms with E-state index >= 15 is 0 Å². The number of hydrogen-bond donors (Lipinski definition) is 0. The number of rotatable bonds is 5. The molecule has 1 aromatic carbocycles. The molecule has 0 N–H and O–H groups in total. The molecule has 0 unspecified atom stereocenters. The summed E-state index contributed by atoms with van der Waals surface area (Å²) >= 11 is 1.48. The van der Waals surface area contributed by atoms with Gasteiger partial charge in [-0.2, -0.15) is 4.31 Å². The van der Waals surface area contributed by atoms with Crippen molar-refractivity contribution in [2.24, 2.45) is 0 Å². The molecule has 1 saturated heterocycles. The minimum Gasteiger partial charge on any atom is -0.497 e. The molecular formula is C16H18N2O3S2. The highest BCUT2D eigenvalue weighted by molar-refractivity contribution is 7.99. The zero-order valence-electron chi connectivity index (χ0n) is 12.8. The molecule has 0 saturated carbocycles. The normalized spacial score (nSPS) is 15.7. The van der Waals surface area contributed by atoms with Crippen LogP contribution in [0, 0.1) is 0 Å². The summed E-state index contributed by atoms with van der Waals surface area (Å²) in [5, 5.41) is 0.760. The molecule has 0 bridgehead atoms. The average molecular weight is 350 g/mol. The van der Waals surface area contributed by atoms with Gasteiger partial charge in [-0.1, -0.05) is 11.8 Å². The van der Waals surface area contributed by atoms with Crippen LogP contribution in [0.2, 0.25) is 0 Å². The quantitative estimate of drug-likeness (QED) is 0.829. The van der Waals surface area contributed by atoms with Crippen molar-refractivity contribution in [2.45, 2.75) is 27.7 Å². The molecule has 1 aliphatic heterocycles. The third-order valence-electron chi connectivity index (χ3n) is 3.69. The number of aromatic nitrogens is 1. The molecule has 1 aromatic heterocycles. The van der Waals surface area contributed by atoms with Crippen molar-refractivity contribution in [1.82, 2.24) is 9.29 Å². The second-order valence-corrected chi connectivity index (χ2v) is 8.25. The largest absolute Gasteiger partial charge is 0.497 e. The molecule has 23 heavy (non-hydrogen) atoms. The molecular weight excluding hydrogens is 332 g/mol. The van der Waals surface area contributed by atoms with Gasteiger partial charge in [0.05, 0.1) is 7.11 Å². The standard InChI is InChI=1S/C16H18N2O3S2/c1-21-13-4-6-14(7-5-13)22-16-9-8-15(12-17-16)23(19,20)18-10-2-3-11-18/h4-9,12H,2-3,10-11H2,1H3. The molecule has 1 fully saturated rings. The van der Waals surface area contributed by atoms with Crippen molar-refractivity contribution in [1.29, 1.82) is 0 Å². The monoisotopic (exact) mass is 350 g/mol. The predicted molar refractivity (Wildman–Crippen MR) is 89.3 cm³/mol. The van der Waals surface area contributed by atoms with Gasteiger partial charge in [0, 0.05) is 24.2 Å². The molecule has 1 aliphatic rings. The van der Waals surface area contributed by atoms with Gasteiger partial charge < -0.3 is 4.74 Å². The maximum Gasteiger partial charge on any atom is 0.244 e. The molecule has 2 aromatic rings. The maximum absolute atomic E-state index is 12.4. The second-order valence-electron chi connectivity index (χ2n) is 5.22. The van der Waals surface area contributed by atoms with Gasteiger partial charge in [0.25, 0.3) is 0 Å². The molecule has 5 nitrogen and oxygen atoms in total. The smallest absolute Gasteiger partial charge is 0.244 e. The first-order chi connectivity index (χ1) is 11.1. The predicted octanol–water partition coefficient (Wildman–Crippen LogP) is 3.03. The van der Waals surface area contributed by atoms with Gasteiger partial charge in [-0.3, -0.25) is 0 Å². The van der Waals surface area contributed by atoms with Crippen LogP contribution in [0.15, 0.2) is 57.4 Å². The van der Waals surface area contributed by atoms with Gasteiger partial charge in [0.15, 0.2) is 0 Å². The molecule has 0 atom stereocenters. The van der Waals surface area contributed by atoms with Crippen LogP contribution in [0.1, 0.15) is 12.8 Å². The third-order valence-corrected chi connectivity index (χ3v) is 6.53. The van der Waals surface area contributed by atoms with Crippen LogP contribution < -0.4 is 4.74 Å². The third kappa shape index (κ3) is 3.68. The fourth-order valence-electron chi connectivity index (χ4n) is 2.42. The van der Waals surface area contributed by atoms with E-state index in [1.54, 1.807) is 19.2 Å². The van der Waals surface area contributed by atoms with Crippen molar-refractivity contribution >= 4 is 21.8 Å². The van der Waals surface area contributed by atoms with E-state index in [1.807, 2.05) is 24.3 Å². The van der Waals surface area contributed by atoms with E-state index < -0.39 is 10.0 Å². The van der Waals surface area contributed by atoms with Gasteiger partial charge >= 0.3 is 0 Å². The fourth-order valence-corrected chi connectivity index (χ4v) is 4.64. The lowest BCUT2D eigenvalue weighted by atomic mass is 10.3. The Kier molecular flexibility index (Phi) is 4.89. The Morgan fingerprint density at radius 3 is 2.35 bits per heavy atom. The Bertz CT molecular complexity index is 753. The van der Waals surface area contributed by atoms with Crippen LogP contribution >= 0.6 is 11.8 Å². The fraction of sp³-hybridized carbons (Fsp3) is 0.312. The minimum absolute atomic E-state index is 0.262. The highest BCUT2D eigenvalue weighted by Crippen LogP contribution is 2.28. The van der Waals surface area contributed by atoms with Crippen LogP contribution in [0.4, 0.5) is 0 Å². The molecule has 3 rings (SSSR count). The Hall–Kier alpha value is -1.57. The summed E-state index contributed by atoms with van der Waals surface area (Å²) < 4.78 is 31.5. The number of nitrogens with zero attached hydrogens (tertiary/aromatic N) is 2. The first-order valence-corrected chi connectivity index (χ1v) is 9.63. The van der Waals surface area contributed by atoms with E-state index in [-0.39, 0.29) is 4.90 Å². The van der Waals surface area contributed by atoms with Crippen LogP contribution in [0.3, 0.4) is 0 Å². The van der Waals surface area contributed by atoms with E-state index in [0.717, 1.165) is 28.5 Å². The Morgan fingerprint density at radius 2 is 1.78 bits per heavy atom. The van der Waals surface area contributed by atoms with Crippen LogP contribution in [0.25, 0.3) is 0 Å². The first kappa shape index (κ1) is 16.3. The van der Waals surface area contributed by atoms with Crippen molar-refractivity contribution < 1.29 is 13.2 Å². The molecule has 0 amide bonds. The zero-order chi connectivity index (χ0) is 16.3. The lowest BCUT2D eigenvalue weighted by molar-refractivity contribution is 0.414. The van der Waals surface area contributed by atoms with E-state index in [0.29, 0.717) is 13.1 Å². The van der Waals surface area contributed by atoms with Crippen molar-refractivity contribution in [3.8, 4) is 5.75 Å². The summed E-state index contributed by atoms with van der Waals surface area (Å²) in [6, 6.07) is 11.0. The van der Waals surface area contributed by atoms with E-state index in [1.165, 1.54) is 22.3 Å². The van der Waals surface area contributed by atoms with E-state index in [2.05, 4.69) is 4.98 Å². The summed E-state index contributed by atoms with van der Waals surface area (Å²) in [6.45, 7) is 1.20. The van der Waals surface area contributed by atoms with Crippen LogP contribution in [0.5, 0.6) is 5.75 Å². The maximum atomic E-state index is 12.4. The van der Waals surface area contributed by atoms with Crippen molar-refractivity contribution in [2.75, 3.05) is 20.2 Å². The topological polar surface area (TPSA) is 59.5 Å². The number of benzene rings is 1. The van der Waals surface area contributed by atoms with Gasteiger partial charge in [0.1, 0.15) is 15.7 Å². The van der Waals surface area contributed by atoms with Gasteiger partial charge in [-0.05, 0) is 49.2 Å². The molecule has 0 radical (unpaired) electrons. The lowest BCUT2D eigenvalue weighted by Gasteiger charge is -2.15. The number of methoxy groups -OCH3 is 1. The molecule has 0 aliphatic carbocycles. The highest BCUT2D eigenvalue weighted by Gasteiger charge is 2.27. The Labute approximate surface area is 140 Å². The van der Waals surface area contributed by atoms with Crippen molar-refractivity contribution in [3.63, 3.8) is 0 Å². The molecule has 122 valence electrons. The number of pyridine rings is 1. The Morgan fingerprint density at radius 1 is 1.09 bits per heavy atom. The van der Waals surface area contributed by atoms with Crippen LogP contribution in [-0.4, -0.2) is 37.9 Å². The molecule has 2 heterocycles. The van der Waals surface area contributed by atoms with Crippen LogP contribution in [-0.2, 0) is 10.0 Å². The summed E-state index contributed by atoms with van der Waals surface area (Å²) in [6.07, 6.45) is 3.30. The second kappa shape index (κ2) is 6.90.